The van der Waals surface area contributed by atoms with Crippen LogP contribution in [0.15, 0.2) is 66.7 Å². The molecule has 5 nitrogen and oxygen atoms in total. The number of amides is 1. The van der Waals surface area contributed by atoms with Gasteiger partial charge in [-0.2, -0.15) is 0 Å². The Hall–Kier alpha value is -3.60. The Morgan fingerprint density at radius 3 is 2.64 bits per heavy atom. The summed E-state index contributed by atoms with van der Waals surface area (Å²) in [5, 5.41) is 3.03. The molecule has 1 amide bonds. The molecule has 0 aliphatic rings. The molecule has 0 saturated heterocycles. The van der Waals surface area contributed by atoms with Crippen LogP contribution in [0.3, 0.4) is 0 Å². The molecular formula is C28H31N3O2. The van der Waals surface area contributed by atoms with E-state index in [1.807, 2.05) is 49.4 Å². The molecule has 4 rings (SSSR count). The van der Waals surface area contributed by atoms with Crippen LogP contribution < -0.4 is 10.1 Å². The van der Waals surface area contributed by atoms with Crippen LogP contribution in [0.1, 0.15) is 39.3 Å². The van der Waals surface area contributed by atoms with Crippen molar-refractivity contribution in [2.45, 2.75) is 40.2 Å². The summed E-state index contributed by atoms with van der Waals surface area (Å²) >= 11 is 0. The normalized spacial score (nSPS) is 11.0. The first-order chi connectivity index (χ1) is 16.0. The van der Waals surface area contributed by atoms with Crippen molar-refractivity contribution in [3.63, 3.8) is 0 Å². The highest BCUT2D eigenvalue weighted by Gasteiger charge is 2.12. The van der Waals surface area contributed by atoms with Crippen LogP contribution in [-0.2, 0) is 13.0 Å². The predicted molar refractivity (Wildman–Crippen MR) is 133 cm³/mol. The van der Waals surface area contributed by atoms with Crippen LogP contribution in [-0.4, -0.2) is 28.6 Å². The third kappa shape index (κ3) is 5.61. The third-order valence-electron chi connectivity index (χ3n) is 5.78. The number of benzene rings is 3. The third-order valence-corrected chi connectivity index (χ3v) is 5.78. The molecule has 0 aliphatic heterocycles. The largest absolute Gasteiger partial charge is 0.493 e. The Morgan fingerprint density at radius 1 is 0.970 bits per heavy atom. The monoisotopic (exact) mass is 441 g/mol. The zero-order valence-electron chi connectivity index (χ0n) is 19.6. The molecule has 33 heavy (non-hydrogen) atoms. The number of ether oxygens (including phenoxy) is 1. The average molecular weight is 442 g/mol. The van der Waals surface area contributed by atoms with E-state index in [-0.39, 0.29) is 5.91 Å². The zero-order chi connectivity index (χ0) is 23.2. The topological polar surface area (TPSA) is 56.2 Å². The Kier molecular flexibility index (Phi) is 7.08. The average Bonchev–Trinajstić information content (AvgIpc) is 3.16. The smallest absolute Gasteiger partial charge is 0.251 e. The summed E-state index contributed by atoms with van der Waals surface area (Å²) in [6.07, 6.45) is 1.54. The molecule has 0 unspecified atom stereocenters. The molecule has 0 atom stereocenters. The fraction of sp³-hybridized carbons (Fsp3) is 0.286. The Balaban J connectivity index is 1.39. The van der Waals surface area contributed by atoms with Crippen LogP contribution in [0.4, 0.5) is 0 Å². The van der Waals surface area contributed by atoms with Crippen molar-refractivity contribution in [2.75, 3.05) is 13.2 Å². The van der Waals surface area contributed by atoms with E-state index in [9.17, 15) is 4.79 Å². The lowest BCUT2D eigenvalue weighted by atomic mass is 10.1. The molecular weight excluding hydrogens is 410 g/mol. The van der Waals surface area contributed by atoms with Crippen molar-refractivity contribution in [1.29, 1.82) is 0 Å². The first-order valence-electron chi connectivity index (χ1n) is 11.5. The second-order valence-electron chi connectivity index (χ2n) is 8.51. The number of fused-ring (bicyclic) bond motifs is 1. The summed E-state index contributed by atoms with van der Waals surface area (Å²) in [6.45, 7) is 8.13. The number of rotatable bonds is 9. The van der Waals surface area contributed by atoms with Crippen molar-refractivity contribution in [1.82, 2.24) is 14.9 Å². The summed E-state index contributed by atoms with van der Waals surface area (Å²) in [4.78, 5) is 17.3. The second kappa shape index (κ2) is 10.3. The van der Waals surface area contributed by atoms with Gasteiger partial charge in [0, 0.05) is 25.1 Å². The van der Waals surface area contributed by atoms with Gasteiger partial charge in [0.05, 0.1) is 17.6 Å². The SMILES string of the molecule is Cc1cccc(C(=O)NCCc2nc3ccccc3n2CCCOc2cc(C)ccc2C)c1. The van der Waals surface area contributed by atoms with Crippen molar-refractivity contribution >= 4 is 16.9 Å². The molecule has 0 saturated carbocycles. The number of carbonyl (C=O) groups excluding carboxylic acids is 1. The van der Waals surface area contributed by atoms with Crippen molar-refractivity contribution in [2.24, 2.45) is 0 Å². The quantitative estimate of drug-likeness (QED) is 0.354. The maximum atomic E-state index is 12.5. The van der Waals surface area contributed by atoms with Gasteiger partial charge in [-0.15, -0.1) is 0 Å². The van der Waals surface area contributed by atoms with Crippen LogP contribution in [0, 0.1) is 20.8 Å². The summed E-state index contributed by atoms with van der Waals surface area (Å²) < 4.78 is 8.30. The molecule has 4 aromatic rings. The molecule has 1 N–H and O–H groups in total. The van der Waals surface area contributed by atoms with Gasteiger partial charge in [0.2, 0.25) is 0 Å². The van der Waals surface area contributed by atoms with Crippen LogP contribution in [0.25, 0.3) is 11.0 Å². The van der Waals surface area contributed by atoms with Gasteiger partial charge in [0.15, 0.2) is 0 Å². The van der Waals surface area contributed by atoms with Gasteiger partial charge in [0.1, 0.15) is 11.6 Å². The maximum absolute atomic E-state index is 12.5. The number of para-hydroxylation sites is 2. The van der Waals surface area contributed by atoms with Gasteiger partial charge in [-0.25, -0.2) is 4.98 Å². The fourth-order valence-electron chi connectivity index (χ4n) is 4.01. The summed E-state index contributed by atoms with van der Waals surface area (Å²) in [7, 11) is 0. The molecule has 0 bridgehead atoms. The molecule has 3 aromatic carbocycles. The molecule has 1 heterocycles. The van der Waals surface area contributed by atoms with E-state index in [4.69, 9.17) is 9.72 Å². The predicted octanol–water partition coefficient (Wildman–Crippen LogP) is 5.40. The van der Waals surface area contributed by atoms with Gasteiger partial charge < -0.3 is 14.6 Å². The van der Waals surface area contributed by atoms with Crippen LogP contribution >= 0.6 is 0 Å². The molecule has 0 fully saturated rings. The minimum Gasteiger partial charge on any atom is -0.493 e. The van der Waals surface area contributed by atoms with Gasteiger partial charge in [0.25, 0.3) is 5.91 Å². The highest BCUT2D eigenvalue weighted by atomic mass is 16.5. The minimum absolute atomic E-state index is 0.0525. The van der Waals surface area contributed by atoms with Crippen LogP contribution in [0.5, 0.6) is 5.75 Å². The molecule has 5 heteroatoms. The Bertz CT molecular complexity index is 1260. The number of hydrogen-bond donors (Lipinski definition) is 1. The van der Waals surface area contributed by atoms with E-state index < -0.39 is 0 Å². The standard InChI is InChI=1S/C28H31N3O2/c1-20-8-6-9-23(18-20)28(32)29-15-14-27-30-24-10-4-5-11-25(24)31(27)16-7-17-33-26-19-21(2)12-13-22(26)3/h4-6,8-13,18-19H,7,14-17H2,1-3H3,(H,29,32). The highest BCUT2D eigenvalue weighted by Crippen LogP contribution is 2.20. The van der Waals surface area contributed by atoms with Gasteiger partial charge >= 0.3 is 0 Å². The number of hydrogen-bond acceptors (Lipinski definition) is 3. The van der Waals surface area contributed by atoms with Gasteiger partial charge in [-0.05, 0) is 68.7 Å². The number of aryl methyl sites for hydroxylation is 4. The fourth-order valence-corrected chi connectivity index (χ4v) is 4.01. The lowest BCUT2D eigenvalue weighted by molar-refractivity contribution is 0.0954. The molecule has 1 aromatic heterocycles. The van der Waals surface area contributed by atoms with E-state index in [0.717, 1.165) is 46.7 Å². The lowest BCUT2D eigenvalue weighted by Crippen LogP contribution is -2.26. The van der Waals surface area contributed by atoms with Crippen molar-refractivity contribution in [3.05, 3.63) is 94.8 Å². The van der Waals surface area contributed by atoms with Gasteiger partial charge in [-0.3, -0.25) is 4.79 Å². The Morgan fingerprint density at radius 2 is 1.79 bits per heavy atom. The first-order valence-corrected chi connectivity index (χ1v) is 11.5. The molecule has 0 spiro atoms. The summed E-state index contributed by atoms with van der Waals surface area (Å²) in [5.74, 6) is 1.88. The summed E-state index contributed by atoms with van der Waals surface area (Å²) in [5.41, 5.74) is 6.21. The number of imidazole rings is 1. The number of aromatic nitrogens is 2. The van der Waals surface area contributed by atoms with Crippen molar-refractivity contribution in [3.8, 4) is 5.75 Å². The zero-order valence-corrected chi connectivity index (χ0v) is 19.6. The van der Waals surface area contributed by atoms with Crippen molar-refractivity contribution < 1.29 is 9.53 Å². The minimum atomic E-state index is -0.0525. The number of nitrogens with zero attached hydrogens (tertiary/aromatic N) is 2. The lowest BCUT2D eigenvalue weighted by Gasteiger charge is -2.12. The van der Waals surface area contributed by atoms with E-state index in [1.165, 1.54) is 5.56 Å². The highest BCUT2D eigenvalue weighted by molar-refractivity contribution is 5.94. The van der Waals surface area contributed by atoms with E-state index >= 15 is 0 Å². The number of nitrogens with one attached hydrogen (secondary N) is 1. The first kappa shape index (κ1) is 22.6. The number of carbonyl (C=O) groups is 1. The Labute approximate surface area is 195 Å². The summed E-state index contributed by atoms with van der Waals surface area (Å²) in [6, 6.07) is 22.1. The van der Waals surface area contributed by atoms with E-state index in [2.05, 4.69) is 48.0 Å². The molecule has 170 valence electrons. The van der Waals surface area contributed by atoms with E-state index in [0.29, 0.717) is 25.1 Å². The molecule has 0 radical (unpaired) electrons. The van der Waals surface area contributed by atoms with E-state index in [1.54, 1.807) is 0 Å². The van der Waals surface area contributed by atoms with Gasteiger partial charge in [-0.1, -0.05) is 42.0 Å². The maximum Gasteiger partial charge on any atom is 0.251 e. The second-order valence-corrected chi connectivity index (χ2v) is 8.51. The van der Waals surface area contributed by atoms with Crippen LogP contribution in [0.2, 0.25) is 0 Å². The molecule has 0 aliphatic carbocycles.